The van der Waals surface area contributed by atoms with Gasteiger partial charge in [0, 0.05) is 23.9 Å². The smallest absolute Gasteiger partial charge is 0.255 e. The van der Waals surface area contributed by atoms with Crippen LogP contribution in [-0.2, 0) is 22.6 Å². The van der Waals surface area contributed by atoms with Gasteiger partial charge in [0.25, 0.3) is 11.8 Å². The zero-order chi connectivity index (χ0) is 26.5. The van der Waals surface area contributed by atoms with Crippen LogP contribution in [0.2, 0.25) is 0 Å². The monoisotopic (exact) mass is 523 g/mol. The van der Waals surface area contributed by atoms with Crippen LogP contribution in [0.3, 0.4) is 0 Å². The number of carbonyl (C=O) groups excluding carboxylic acids is 2. The molecular weight excluding hydrogens is 490 g/mol. The molecule has 37 heavy (non-hydrogen) atoms. The van der Waals surface area contributed by atoms with E-state index < -0.39 is 24.0 Å². The molecule has 2 amide bonds. The Morgan fingerprint density at radius 1 is 1.14 bits per heavy atom. The first-order chi connectivity index (χ1) is 17.8. The molecule has 3 N–H and O–H groups in total. The SMILES string of the molecule is COc1ccccc1C1CCCN1C(=O)[C@H](O)[C@@H](O)C(=O)NCc1nc(Cc2c(C)cccc2C)cs1. The minimum absolute atomic E-state index is 0.0990. The number of likely N-dealkylation sites (tertiary alicyclic amines) is 1. The number of hydrogen-bond acceptors (Lipinski definition) is 7. The number of aliphatic hydroxyl groups is 2. The molecule has 0 bridgehead atoms. The van der Waals surface area contributed by atoms with Crippen LogP contribution >= 0.6 is 11.3 Å². The van der Waals surface area contributed by atoms with Gasteiger partial charge in [0.15, 0.2) is 12.2 Å². The molecule has 8 nitrogen and oxygen atoms in total. The molecule has 1 unspecified atom stereocenters. The molecule has 0 radical (unpaired) electrons. The standard InChI is InChI=1S/C28H33N3O5S/c1-17-8-6-9-18(2)21(17)14-19-16-37-24(30-19)15-29-27(34)25(32)26(33)28(35)31-13-7-11-22(31)20-10-4-5-12-23(20)36-3/h4-6,8-10,12,16,22,25-26,32-33H,7,11,13-15H2,1-3H3,(H,29,34)/t22?,25-,26-/m1/s1. The van der Waals surface area contributed by atoms with Crippen LogP contribution in [0.5, 0.6) is 5.75 Å². The predicted molar refractivity (Wildman–Crippen MR) is 141 cm³/mol. The van der Waals surface area contributed by atoms with Gasteiger partial charge in [-0.3, -0.25) is 9.59 Å². The number of para-hydroxylation sites is 1. The lowest BCUT2D eigenvalue weighted by molar-refractivity contribution is -0.153. The number of methoxy groups -OCH3 is 1. The van der Waals surface area contributed by atoms with Crippen molar-refractivity contribution in [2.45, 2.75) is 57.9 Å². The van der Waals surface area contributed by atoms with Crippen molar-refractivity contribution in [3.63, 3.8) is 0 Å². The molecule has 2 aromatic carbocycles. The number of nitrogens with one attached hydrogen (secondary N) is 1. The van der Waals surface area contributed by atoms with Gasteiger partial charge in [0.1, 0.15) is 10.8 Å². The number of aryl methyl sites for hydroxylation is 2. The van der Waals surface area contributed by atoms with E-state index in [4.69, 9.17) is 4.74 Å². The summed E-state index contributed by atoms with van der Waals surface area (Å²) in [6, 6.07) is 13.3. The number of hydrogen-bond donors (Lipinski definition) is 3. The molecule has 3 atom stereocenters. The molecule has 1 saturated heterocycles. The molecule has 9 heteroatoms. The molecule has 0 spiro atoms. The highest BCUT2D eigenvalue weighted by Gasteiger charge is 2.39. The number of benzene rings is 2. The van der Waals surface area contributed by atoms with Gasteiger partial charge in [-0.2, -0.15) is 0 Å². The first-order valence-electron chi connectivity index (χ1n) is 12.4. The maximum atomic E-state index is 13.1. The third kappa shape index (κ3) is 6.01. The summed E-state index contributed by atoms with van der Waals surface area (Å²) in [5.41, 5.74) is 5.38. The van der Waals surface area contributed by atoms with Crippen LogP contribution in [0, 0.1) is 13.8 Å². The number of aliphatic hydroxyl groups excluding tert-OH is 2. The highest BCUT2D eigenvalue weighted by atomic mass is 32.1. The van der Waals surface area contributed by atoms with Gasteiger partial charge >= 0.3 is 0 Å². The van der Waals surface area contributed by atoms with Crippen LogP contribution in [0.1, 0.15) is 51.8 Å². The average molecular weight is 524 g/mol. The lowest BCUT2D eigenvalue weighted by Crippen LogP contribution is -2.50. The molecule has 1 aliphatic heterocycles. The normalized spacial score (nSPS) is 16.9. The van der Waals surface area contributed by atoms with E-state index >= 15 is 0 Å². The van der Waals surface area contributed by atoms with Gasteiger partial charge in [-0.05, 0) is 49.4 Å². The van der Waals surface area contributed by atoms with Crippen LogP contribution in [-0.4, -0.2) is 57.8 Å². The second-order valence-corrected chi connectivity index (χ2v) is 10.3. The van der Waals surface area contributed by atoms with Gasteiger partial charge in [-0.1, -0.05) is 36.4 Å². The largest absolute Gasteiger partial charge is 0.496 e. The Morgan fingerprint density at radius 3 is 2.59 bits per heavy atom. The molecule has 1 aromatic heterocycles. The van der Waals surface area contributed by atoms with E-state index in [1.165, 1.54) is 32.9 Å². The van der Waals surface area contributed by atoms with Crippen LogP contribution in [0.4, 0.5) is 0 Å². The molecule has 196 valence electrons. The summed E-state index contributed by atoms with van der Waals surface area (Å²) in [5, 5.41) is 26.3. The van der Waals surface area contributed by atoms with Crippen LogP contribution < -0.4 is 10.1 Å². The molecule has 1 aliphatic rings. The second-order valence-electron chi connectivity index (χ2n) is 9.32. The van der Waals surface area contributed by atoms with E-state index in [0.29, 0.717) is 30.1 Å². The molecule has 0 saturated carbocycles. The molecule has 2 heterocycles. The Hall–Kier alpha value is -3.27. The molecule has 0 aliphatic carbocycles. The van der Waals surface area contributed by atoms with Gasteiger partial charge in [0.2, 0.25) is 0 Å². The van der Waals surface area contributed by atoms with Gasteiger partial charge in [-0.15, -0.1) is 11.3 Å². The minimum Gasteiger partial charge on any atom is -0.496 e. The Bertz CT molecular complexity index is 1240. The maximum Gasteiger partial charge on any atom is 0.255 e. The Labute approximate surface area is 220 Å². The molecular formula is C28H33N3O5S. The van der Waals surface area contributed by atoms with Crippen molar-refractivity contribution in [2.24, 2.45) is 0 Å². The summed E-state index contributed by atoms with van der Waals surface area (Å²) >= 11 is 1.41. The van der Waals surface area contributed by atoms with Crippen molar-refractivity contribution in [3.05, 3.63) is 80.8 Å². The quantitative estimate of drug-likeness (QED) is 0.398. The Kier molecular flexibility index (Phi) is 8.58. The first kappa shape index (κ1) is 26.8. The molecule has 1 fully saturated rings. The number of aromatic nitrogens is 1. The number of carbonyl (C=O) groups is 2. The first-order valence-corrected chi connectivity index (χ1v) is 13.2. The zero-order valence-corrected chi connectivity index (χ0v) is 22.1. The maximum absolute atomic E-state index is 13.1. The number of ether oxygens (including phenoxy) is 1. The summed E-state index contributed by atoms with van der Waals surface area (Å²) in [5.74, 6) is -0.845. The van der Waals surface area contributed by atoms with E-state index in [0.717, 1.165) is 17.7 Å². The van der Waals surface area contributed by atoms with Crippen molar-refractivity contribution < 1.29 is 24.5 Å². The zero-order valence-electron chi connectivity index (χ0n) is 21.3. The summed E-state index contributed by atoms with van der Waals surface area (Å²) < 4.78 is 5.43. The fourth-order valence-corrected chi connectivity index (χ4v) is 5.56. The fraction of sp³-hybridized carbons (Fsp3) is 0.393. The van der Waals surface area contributed by atoms with E-state index in [1.807, 2.05) is 35.7 Å². The average Bonchev–Trinajstić information content (AvgIpc) is 3.58. The minimum atomic E-state index is -1.89. The van der Waals surface area contributed by atoms with E-state index in [2.05, 4.69) is 36.3 Å². The van der Waals surface area contributed by atoms with Crippen LogP contribution in [0.15, 0.2) is 47.8 Å². The number of amides is 2. The summed E-state index contributed by atoms with van der Waals surface area (Å²) in [6.45, 7) is 4.67. The van der Waals surface area contributed by atoms with Crippen molar-refractivity contribution in [2.75, 3.05) is 13.7 Å². The van der Waals surface area contributed by atoms with E-state index in [9.17, 15) is 19.8 Å². The molecule has 3 aromatic rings. The summed E-state index contributed by atoms with van der Waals surface area (Å²) in [6.07, 6.45) is -1.61. The lowest BCUT2D eigenvalue weighted by atomic mass is 9.99. The summed E-state index contributed by atoms with van der Waals surface area (Å²) in [7, 11) is 1.57. The number of nitrogens with zero attached hydrogens (tertiary/aromatic N) is 2. The predicted octanol–water partition coefficient (Wildman–Crippen LogP) is 3.06. The molecule has 4 rings (SSSR count). The highest BCUT2D eigenvalue weighted by molar-refractivity contribution is 7.09. The van der Waals surface area contributed by atoms with E-state index in [1.54, 1.807) is 7.11 Å². The topological polar surface area (TPSA) is 112 Å². The number of thiazole rings is 1. The van der Waals surface area contributed by atoms with Gasteiger partial charge < -0.3 is 25.2 Å². The second kappa shape index (κ2) is 11.9. The third-order valence-corrected chi connectivity index (χ3v) is 7.77. The van der Waals surface area contributed by atoms with Crippen molar-refractivity contribution >= 4 is 23.2 Å². The van der Waals surface area contributed by atoms with Crippen molar-refractivity contribution in [1.82, 2.24) is 15.2 Å². The Balaban J connectivity index is 1.35. The van der Waals surface area contributed by atoms with Gasteiger partial charge in [0.05, 0.1) is 25.4 Å². The highest BCUT2D eigenvalue weighted by Crippen LogP contribution is 2.37. The number of rotatable bonds is 9. The van der Waals surface area contributed by atoms with Gasteiger partial charge in [-0.25, -0.2) is 4.98 Å². The van der Waals surface area contributed by atoms with Crippen molar-refractivity contribution in [1.29, 1.82) is 0 Å². The van der Waals surface area contributed by atoms with E-state index in [-0.39, 0.29) is 12.6 Å². The fourth-order valence-electron chi connectivity index (χ4n) is 4.83. The third-order valence-electron chi connectivity index (χ3n) is 6.87. The summed E-state index contributed by atoms with van der Waals surface area (Å²) in [4.78, 5) is 31.8. The van der Waals surface area contributed by atoms with Crippen LogP contribution in [0.25, 0.3) is 0 Å². The lowest BCUT2D eigenvalue weighted by Gasteiger charge is -2.29. The van der Waals surface area contributed by atoms with Crippen molar-refractivity contribution in [3.8, 4) is 5.75 Å². The Morgan fingerprint density at radius 2 is 1.86 bits per heavy atom.